The monoisotopic (exact) mass is 403 g/mol. The van der Waals surface area contributed by atoms with Crippen molar-refractivity contribution in [3.63, 3.8) is 0 Å². The molecule has 0 aromatic rings. The molecule has 4 heteroatoms. The number of hydrogen-bond donors (Lipinski definition) is 0. The minimum atomic E-state index is -0.501. The van der Waals surface area contributed by atoms with E-state index in [1.807, 2.05) is 0 Å². The lowest BCUT2D eigenvalue weighted by Gasteiger charge is -2.59. The van der Waals surface area contributed by atoms with Gasteiger partial charge in [0.1, 0.15) is 0 Å². The van der Waals surface area contributed by atoms with Gasteiger partial charge in [-0.3, -0.25) is 4.90 Å². The Morgan fingerprint density at radius 1 is 1.24 bits per heavy atom. The van der Waals surface area contributed by atoms with Gasteiger partial charge in [0.05, 0.1) is 25.9 Å². The first-order chi connectivity index (χ1) is 13.6. The Bertz CT molecular complexity index is 645. The van der Waals surface area contributed by atoms with Crippen molar-refractivity contribution in [1.82, 2.24) is 4.90 Å². The highest BCUT2D eigenvalue weighted by Crippen LogP contribution is 2.47. The van der Waals surface area contributed by atoms with Gasteiger partial charge in [-0.25, -0.2) is 0 Å². The number of nitrogens with zero attached hydrogens (tertiary/aromatic N) is 1. The quantitative estimate of drug-likeness (QED) is 0.566. The van der Waals surface area contributed by atoms with E-state index in [9.17, 15) is 0 Å². The molecule has 2 heterocycles. The minimum absolute atomic E-state index is 0.0257. The molecular weight excluding hydrogens is 362 g/mol. The Labute approximate surface area is 178 Å². The molecule has 3 aliphatic rings. The molecule has 29 heavy (non-hydrogen) atoms. The summed E-state index contributed by atoms with van der Waals surface area (Å²) in [5.41, 5.74) is 1.46. The highest BCUT2D eigenvalue weighted by Gasteiger charge is 2.54. The zero-order chi connectivity index (χ0) is 21.3. The van der Waals surface area contributed by atoms with Crippen LogP contribution in [-0.2, 0) is 14.2 Å². The highest BCUT2D eigenvalue weighted by atomic mass is 16.7. The van der Waals surface area contributed by atoms with Crippen LogP contribution in [0.1, 0.15) is 66.7 Å². The molecule has 2 fully saturated rings. The predicted octanol–water partition coefficient (Wildman–Crippen LogP) is 5.26. The predicted molar refractivity (Wildman–Crippen MR) is 119 cm³/mol. The molecule has 0 aromatic heterocycles. The third kappa shape index (κ3) is 4.87. The van der Waals surface area contributed by atoms with E-state index in [2.05, 4.69) is 77.4 Å². The lowest BCUT2D eigenvalue weighted by atomic mass is 9.76. The number of hydrogen-bond acceptors (Lipinski definition) is 4. The first-order valence-corrected chi connectivity index (χ1v) is 11.2. The molecule has 1 spiro atoms. The maximum absolute atomic E-state index is 6.58. The van der Waals surface area contributed by atoms with Crippen LogP contribution in [0.4, 0.5) is 0 Å². The summed E-state index contributed by atoms with van der Waals surface area (Å²) < 4.78 is 19.0. The molecule has 0 bridgehead atoms. The number of piperidine rings is 1. The Balaban J connectivity index is 1.56. The van der Waals surface area contributed by atoms with Gasteiger partial charge in [-0.2, -0.15) is 0 Å². The lowest BCUT2D eigenvalue weighted by molar-refractivity contribution is -0.337. The van der Waals surface area contributed by atoms with Gasteiger partial charge >= 0.3 is 0 Å². The van der Waals surface area contributed by atoms with Gasteiger partial charge in [-0.05, 0) is 59.6 Å². The SMILES string of the molecule is C=CC1(CC)C=CC=C(COCC2CCOC3(CC(C)(C)N(C)C(C)(C)C3)O2)C1. The Morgan fingerprint density at radius 3 is 2.55 bits per heavy atom. The average molecular weight is 404 g/mol. The molecule has 2 saturated heterocycles. The van der Waals surface area contributed by atoms with E-state index in [-0.39, 0.29) is 22.6 Å². The molecule has 164 valence electrons. The van der Waals surface area contributed by atoms with Crippen LogP contribution in [0.15, 0.2) is 36.5 Å². The lowest BCUT2D eigenvalue weighted by Crippen LogP contribution is -2.66. The molecule has 0 aromatic carbocycles. The van der Waals surface area contributed by atoms with Crippen LogP contribution in [0.3, 0.4) is 0 Å². The number of allylic oxidation sites excluding steroid dienone is 4. The molecule has 2 aliphatic heterocycles. The van der Waals surface area contributed by atoms with Crippen molar-refractivity contribution in [2.24, 2.45) is 5.41 Å². The molecule has 0 N–H and O–H groups in total. The molecule has 2 unspecified atom stereocenters. The van der Waals surface area contributed by atoms with E-state index >= 15 is 0 Å². The number of rotatable bonds is 6. The van der Waals surface area contributed by atoms with Crippen molar-refractivity contribution in [1.29, 1.82) is 0 Å². The van der Waals surface area contributed by atoms with Gasteiger partial charge in [0.25, 0.3) is 0 Å². The van der Waals surface area contributed by atoms with Crippen molar-refractivity contribution in [3.8, 4) is 0 Å². The fourth-order valence-electron chi connectivity index (χ4n) is 5.38. The van der Waals surface area contributed by atoms with Crippen LogP contribution in [-0.4, -0.2) is 54.7 Å². The van der Waals surface area contributed by atoms with Crippen molar-refractivity contribution in [2.45, 2.75) is 89.7 Å². The smallest absolute Gasteiger partial charge is 0.172 e. The Morgan fingerprint density at radius 2 is 1.93 bits per heavy atom. The van der Waals surface area contributed by atoms with E-state index in [0.717, 1.165) is 38.7 Å². The summed E-state index contributed by atoms with van der Waals surface area (Å²) in [6.07, 6.45) is 13.5. The van der Waals surface area contributed by atoms with Crippen molar-refractivity contribution in [3.05, 3.63) is 36.5 Å². The average Bonchev–Trinajstić information content (AvgIpc) is 2.66. The van der Waals surface area contributed by atoms with Crippen molar-refractivity contribution >= 4 is 0 Å². The van der Waals surface area contributed by atoms with E-state index in [1.54, 1.807) is 0 Å². The van der Waals surface area contributed by atoms with Gasteiger partial charge in [0.15, 0.2) is 5.79 Å². The summed E-state index contributed by atoms with van der Waals surface area (Å²) in [4.78, 5) is 2.46. The summed E-state index contributed by atoms with van der Waals surface area (Å²) >= 11 is 0. The Hall–Kier alpha value is -0.940. The van der Waals surface area contributed by atoms with Crippen molar-refractivity contribution in [2.75, 3.05) is 26.9 Å². The van der Waals surface area contributed by atoms with Gasteiger partial charge in [0, 0.05) is 29.3 Å². The van der Waals surface area contributed by atoms with Crippen LogP contribution < -0.4 is 0 Å². The Kier molecular flexibility index (Phi) is 6.51. The fourth-order valence-corrected chi connectivity index (χ4v) is 5.38. The third-order valence-electron chi connectivity index (χ3n) is 7.38. The first kappa shape index (κ1) is 22.7. The normalized spacial score (nSPS) is 33.4. The third-order valence-corrected chi connectivity index (χ3v) is 7.38. The summed E-state index contributed by atoms with van der Waals surface area (Å²) in [6.45, 7) is 17.4. The van der Waals surface area contributed by atoms with Gasteiger partial charge in [-0.15, -0.1) is 6.58 Å². The molecule has 4 nitrogen and oxygen atoms in total. The second-order valence-electron chi connectivity index (χ2n) is 10.5. The summed E-state index contributed by atoms with van der Waals surface area (Å²) in [5, 5.41) is 0. The number of likely N-dealkylation sites (tertiary alicyclic amines) is 1. The number of ether oxygens (including phenoxy) is 3. The van der Waals surface area contributed by atoms with Crippen LogP contribution >= 0.6 is 0 Å². The van der Waals surface area contributed by atoms with Gasteiger partial charge < -0.3 is 14.2 Å². The van der Waals surface area contributed by atoms with E-state index in [1.165, 1.54) is 5.57 Å². The summed E-state index contributed by atoms with van der Waals surface area (Å²) in [6, 6.07) is 0. The zero-order valence-corrected chi connectivity index (χ0v) is 19.4. The van der Waals surface area contributed by atoms with Gasteiger partial charge in [-0.1, -0.05) is 31.2 Å². The summed E-state index contributed by atoms with van der Waals surface area (Å²) in [5.74, 6) is -0.501. The van der Waals surface area contributed by atoms with Crippen LogP contribution in [0, 0.1) is 5.41 Å². The van der Waals surface area contributed by atoms with Crippen LogP contribution in [0.5, 0.6) is 0 Å². The second-order valence-corrected chi connectivity index (χ2v) is 10.5. The maximum Gasteiger partial charge on any atom is 0.172 e. The minimum Gasteiger partial charge on any atom is -0.374 e. The summed E-state index contributed by atoms with van der Waals surface area (Å²) in [7, 11) is 2.21. The van der Waals surface area contributed by atoms with Crippen molar-refractivity contribution < 1.29 is 14.2 Å². The fraction of sp³-hybridized carbons (Fsp3) is 0.760. The second kappa shape index (κ2) is 8.30. The highest BCUT2D eigenvalue weighted by molar-refractivity contribution is 5.27. The molecule has 0 radical (unpaired) electrons. The molecule has 1 aliphatic carbocycles. The largest absolute Gasteiger partial charge is 0.374 e. The molecule has 0 saturated carbocycles. The molecule has 3 rings (SSSR count). The molecule has 2 atom stereocenters. The van der Waals surface area contributed by atoms with E-state index in [0.29, 0.717) is 13.2 Å². The van der Waals surface area contributed by atoms with E-state index in [4.69, 9.17) is 14.2 Å². The first-order valence-electron chi connectivity index (χ1n) is 11.2. The van der Waals surface area contributed by atoms with E-state index < -0.39 is 5.79 Å². The molecule has 0 amide bonds. The van der Waals surface area contributed by atoms with Crippen LogP contribution in [0.25, 0.3) is 0 Å². The topological polar surface area (TPSA) is 30.9 Å². The maximum atomic E-state index is 6.58. The van der Waals surface area contributed by atoms with Gasteiger partial charge in [0.2, 0.25) is 0 Å². The zero-order valence-electron chi connectivity index (χ0n) is 19.4. The van der Waals surface area contributed by atoms with Crippen LogP contribution in [0.2, 0.25) is 0 Å². The molecular formula is C25H41NO3. The standard InChI is InChI=1S/C25H41NO3/c1-8-24(9-2)13-10-11-20(15-24)16-27-17-21-12-14-28-25(29-21)18-22(3,4)26(7)23(5,6)19-25/h8,10-11,13,21H,1,9,12,14-19H2,2-7H3.